The molecule has 3 aromatic rings. The van der Waals surface area contributed by atoms with Crippen LogP contribution in [0.25, 0.3) is 17.5 Å². The van der Waals surface area contributed by atoms with Gasteiger partial charge in [-0.05, 0) is 37.3 Å². The SMILES string of the molecule is CCOC(=O)C1=C(N)n2c(s/c(=C\c3c(F)cccc3Cl)c2=O)=C(C(=O)OC)[C@H]1c1c(F)cccc1Cl. The summed E-state index contributed by atoms with van der Waals surface area (Å²) >= 11 is 13.2. The van der Waals surface area contributed by atoms with Crippen LogP contribution in [0, 0.1) is 11.6 Å². The highest BCUT2D eigenvalue weighted by Crippen LogP contribution is 2.41. The third kappa shape index (κ3) is 4.56. The van der Waals surface area contributed by atoms with Gasteiger partial charge in [0.15, 0.2) is 0 Å². The Kier molecular flexibility index (Phi) is 7.54. The monoisotopic (exact) mass is 566 g/mol. The molecule has 1 aliphatic heterocycles. The minimum Gasteiger partial charge on any atom is -0.466 e. The molecule has 2 aromatic carbocycles. The van der Waals surface area contributed by atoms with Gasteiger partial charge in [0.25, 0.3) is 5.56 Å². The van der Waals surface area contributed by atoms with Crippen molar-refractivity contribution in [2.45, 2.75) is 12.8 Å². The Morgan fingerprint density at radius 2 is 1.73 bits per heavy atom. The summed E-state index contributed by atoms with van der Waals surface area (Å²) in [5.41, 5.74) is 4.61. The van der Waals surface area contributed by atoms with Gasteiger partial charge in [0, 0.05) is 16.1 Å². The molecule has 0 unspecified atom stereocenters. The quantitative estimate of drug-likeness (QED) is 0.476. The second-order valence-electron chi connectivity index (χ2n) is 7.68. The summed E-state index contributed by atoms with van der Waals surface area (Å²) in [5.74, 6) is -5.34. The van der Waals surface area contributed by atoms with E-state index in [1.165, 1.54) is 30.3 Å². The molecule has 1 aromatic heterocycles. The first-order valence-corrected chi connectivity index (χ1v) is 12.3. The van der Waals surface area contributed by atoms with Crippen LogP contribution in [0.1, 0.15) is 24.0 Å². The van der Waals surface area contributed by atoms with Crippen molar-refractivity contribution >= 4 is 63.9 Å². The van der Waals surface area contributed by atoms with Gasteiger partial charge in [-0.1, -0.05) is 35.3 Å². The zero-order valence-electron chi connectivity index (χ0n) is 19.3. The third-order valence-corrected chi connectivity index (χ3v) is 7.38. The fourth-order valence-corrected chi connectivity index (χ4v) is 5.66. The minimum absolute atomic E-state index is 0.0414. The van der Waals surface area contributed by atoms with Crippen LogP contribution in [0.2, 0.25) is 10.0 Å². The molecule has 12 heteroatoms. The zero-order chi connectivity index (χ0) is 27.0. The number of ether oxygens (including phenoxy) is 2. The van der Waals surface area contributed by atoms with Crippen molar-refractivity contribution in [3.8, 4) is 0 Å². The Hall–Kier alpha value is -3.47. The number of aromatic nitrogens is 1. The lowest BCUT2D eigenvalue weighted by Gasteiger charge is -2.27. The summed E-state index contributed by atoms with van der Waals surface area (Å²) in [6.45, 7) is 1.47. The molecule has 0 aliphatic carbocycles. The number of nitrogens with zero attached hydrogens (tertiary/aromatic N) is 1. The van der Waals surface area contributed by atoms with Gasteiger partial charge in [0.2, 0.25) is 0 Å². The number of fused-ring (bicyclic) bond motifs is 1. The number of halogens is 4. The van der Waals surface area contributed by atoms with Crippen molar-refractivity contribution in [1.29, 1.82) is 0 Å². The van der Waals surface area contributed by atoms with Crippen molar-refractivity contribution in [2.75, 3.05) is 13.7 Å². The van der Waals surface area contributed by atoms with Crippen molar-refractivity contribution in [3.63, 3.8) is 0 Å². The van der Waals surface area contributed by atoms with Gasteiger partial charge in [-0.2, -0.15) is 0 Å². The van der Waals surface area contributed by atoms with Crippen LogP contribution in [-0.2, 0) is 19.1 Å². The number of hydrogen-bond acceptors (Lipinski definition) is 7. The molecule has 0 radical (unpaired) electrons. The Morgan fingerprint density at radius 3 is 2.32 bits per heavy atom. The second-order valence-corrected chi connectivity index (χ2v) is 9.53. The smallest absolute Gasteiger partial charge is 0.338 e. The topological polar surface area (TPSA) is 101 Å². The summed E-state index contributed by atoms with van der Waals surface area (Å²) in [5, 5.41) is -0.0574. The molecular formula is C25H18Cl2F2N2O5S. The van der Waals surface area contributed by atoms with Crippen molar-refractivity contribution in [1.82, 2.24) is 4.57 Å². The summed E-state index contributed by atoms with van der Waals surface area (Å²) in [7, 11) is 1.09. The van der Waals surface area contributed by atoms with Gasteiger partial charge in [-0.25, -0.2) is 18.4 Å². The van der Waals surface area contributed by atoms with Crippen LogP contribution >= 0.6 is 34.5 Å². The molecule has 2 heterocycles. The van der Waals surface area contributed by atoms with Crippen LogP contribution in [0.4, 0.5) is 8.78 Å². The van der Waals surface area contributed by atoms with E-state index < -0.39 is 40.9 Å². The maximum atomic E-state index is 15.2. The maximum Gasteiger partial charge on any atom is 0.338 e. The first-order valence-electron chi connectivity index (χ1n) is 10.7. The van der Waals surface area contributed by atoms with Gasteiger partial charge in [-0.3, -0.25) is 9.36 Å². The zero-order valence-corrected chi connectivity index (χ0v) is 21.6. The molecule has 192 valence electrons. The molecule has 0 spiro atoms. The molecule has 1 atom stereocenters. The van der Waals surface area contributed by atoms with E-state index >= 15 is 4.39 Å². The van der Waals surface area contributed by atoms with Crippen molar-refractivity contribution < 1.29 is 27.8 Å². The molecule has 0 fully saturated rings. The minimum atomic E-state index is -1.47. The first-order chi connectivity index (χ1) is 17.6. The van der Waals surface area contributed by atoms with Crippen LogP contribution in [0.5, 0.6) is 0 Å². The number of hydrogen-bond donors (Lipinski definition) is 1. The molecule has 0 amide bonds. The molecule has 7 nitrogen and oxygen atoms in total. The number of esters is 2. The molecule has 37 heavy (non-hydrogen) atoms. The average Bonchev–Trinajstić information content (AvgIpc) is 3.17. The highest BCUT2D eigenvalue weighted by molar-refractivity contribution is 7.07. The predicted octanol–water partition coefficient (Wildman–Crippen LogP) is 3.14. The van der Waals surface area contributed by atoms with Crippen molar-refractivity contribution in [2.24, 2.45) is 5.73 Å². The highest BCUT2D eigenvalue weighted by Gasteiger charge is 2.41. The van der Waals surface area contributed by atoms with Crippen LogP contribution < -0.4 is 20.5 Å². The predicted molar refractivity (Wildman–Crippen MR) is 136 cm³/mol. The lowest BCUT2D eigenvalue weighted by Crippen LogP contribution is -2.42. The van der Waals surface area contributed by atoms with Crippen LogP contribution in [-0.4, -0.2) is 30.2 Å². The largest absolute Gasteiger partial charge is 0.466 e. The fourth-order valence-electron chi connectivity index (χ4n) is 4.02. The number of nitrogens with two attached hydrogens (primary N) is 1. The Bertz CT molecular complexity index is 1620. The van der Waals surface area contributed by atoms with Gasteiger partial charge in [0.1, 0.15) is 22.1 Å². The highest BCUT2D eigenvalue weighted by atomic mass is 35.5. The fraction of sp³-hybridized carbons (Fsp3) is 0.160. The summed E-state index contributed by atoms with van der Waals surface area (Å²) < 4.78 is 40.5. The Balaban J connectivity index is 2.20. The summed E-state index contributed by atoms with van der Waals surface area (Å²) in [6, 6.07) is 7.84. The van der Waals surface area contributed by atoms with Gasteiger partial charge in [0.05, 0.1) is 40.3 Å². The Labute approximate surface area is 222 Å². The molecule has 0 saturated carbocycles. The van der Waals surface area contributed by atoms with E-state index in [1.807, 2.05) is 0 Å². The lowest BCUT2D eigenvalue weighted by atomic mass is 9.83. The van der Waals surface area contributed by atoms with E-state index in [4.69, 9.17) is 38.4 Å². The number of thiazole rings is 1. The van der Waals surface area contributed by atoms with Crippen LogP contribution in [0.15, 0.2) is 46.8 Å². The van der Waals surface area contributed by atoms with E-state index in [-0.39, 0.29) is 48.1 Å². The van der Waals surface area contributed by atoms with E-state index in [0.717, 1.165) is 35.1 Å². The molecule has 1 aliphatic rings. The van der Waals surface area contributed by atoms with E-state index in [9.17, 15) is 18.8 Å². The van der Waals surface area contributed by atoms with E-state index in [2.05, 4.69) is 0 Å². The average molecular weight is 567 g/mol. The molecule has 0 bridgehead atoms. The lowest BCUT2D eigenvalue weighted by molar-refractivity contribution is -0.138. The number of methoxy groups -OCH3 is 1. The normalized spacial score (nSPS) is 15.6. The first kappa shape index (κ1) is 26.6. The number of carbonyl (C=O) groups is 2. The van der Waals surface area contributed by atoms with Crippen LogP contribution in [0.3, 0.4) is 0 Å². The number of rotatable bonds is 5. The molecule has 2 N–H and O–H groups in total. The third-order valence-electron chi connectivity index (χ3n) is 5.61. The molecular weight excluding hydrogens is 549 g/mol. The van der Waals surface area contributed by atoms with Crippen molar-refractivity contribution in [3.05, 3.63) is 94.3 Å². The standard InChI is InChI=1S/C25H18Cl2F2N2O5S/c1-3-36-25(34)19-18(17-13(27)7-5-9-15(17)29)20(24(33)35-2)23-31(21(19)30)22(32)16(37-23)10-11-12(26)6-4-8-14(11)28/h4-10,18H,3,30H2,1-2H3/b16-10-/t18-/m0/s1. The van der Waals surface area contributed by atoms with E-state index in [0.29, 0.717) is 0 Å². The number of benzene rings is 2. The van der Waals surface area contributed by atoms with Gasteiger partial charge >= 0.3 is 11.9 Å². The summed E-state index contributed by atoms with van der Waals surface area (Å²) in [6.07, 6.45) is 1.20. The molecule has 0 saturated heterocycles. The second kappa shape index (κ2) is 10.5. The van der Waals surface area contributed by atoms with Gasteiger partial charge in [-0.15, -0.1) is 11.3 Å². The molecule has 4 rings (SSSR count). The van der Waals surface area contributed by atoms with Gasteiger partial charge < -0.3 is 15.2 Å². The Morgan fingerprint density at radius 1 is 1.08 bits per heavy atom. The van der Waals surface area contributed by atoms with E-state index in [1.54, 1.807) is 6.92 Å². The maximum absolute atomic E-state index is 15.2. The number of carbonyl (C=O) groups excluding carboxylic acids is 2. The summed E-state index contributed by atoms with van der Waals surface area (Å²) in [4.78, 5) is 39.7.